The summed E-state index contributed by atoms with van der Waals surface area (Å²) in [5.74, 6) is -5.92. The highest BCUT2D eigenvalue weighted by Crippen LogP contribution is 2.34. The highest BCUT2D eigenvalue weighted by atomic mass is 79.9. The van der Waals surface area contributed by atoms with E-state index in [2.05, 4.69) is 15.9 Å². The Bertz CT molecular complexity index is 646. The van der Waals surface area contributed by atoms with Gasteiger partial charge in [0.2, 0.25) is 0 Å². The van der Waals surface area contributed by atoms with Crippen molar-refractivity contribution in [1.82, 2.24) is 0 Å². The van der Waals surface area contributed by atoms with E-state index in [0.29, 0.717) is 6.07 Å². The van der Waals surface area contributed by atoms with Crippen LogP contribution in [0.15, 0.2) is 24.3 Å². The lowest BCUT2D eigenvalue weighted by Gasteiger charge is -2.13. The highest BCUT2D eigenvalue weighted by molar-refractivity contribution is 9.09. The molecule has 2 rings (SSSR count). The zero-order valence-corrected chi connectivity index (χ0v) is 11.7. The number of aryl methyl sites for hydroxylation is 1. The molecule has 0 saturated heterocycles. The minimum atomic E-state index is -1.59. The molecule has 20 heavy (non-hydrogen) atoms. The summed E-state index contributed by atoms with van der Waals surface area (Å²) in [5.41, 5.74) is 0.189. The summed E-state index contributed by atoms with van der Waals surface area (Å²) < 4.78 is 66.1. The molecule has 0 fully saturated rings. The van der Waals surface area contributed by atoms with Gasteiger partial charge in [-0.1, -0.05) is 15.9 Å². The Labute approximate surface area is 120 Å². The van der Waals surface area contributed by atoms with Crippen molar-refractivity contribution >= 4 is 15.9 Å². The van der Waals surface area contributed by atoms with Gasteiger partial charge in [-0.15, -0.1) is 0 Å². The first-order valence-electron chi connectivity index (χ1n) is 5.55. The van der Waals surface area contributed by atoms with Crippen LogP contribution in [-0.4, -0.2) is 0 Å². The molecule has 0 aromatic heterocycles. The van der Waals surface area contributed by atoms with E-state index >= 15 is 0 Å². The van der Waals surface area contributed by atoms with Crippen molar-refractivity contribution in [3.63, 3.8) is 0 Å². The van der Waals surface area contributed by atoms with Crippen LogP contribution in [-0.2, 0) is 0 Å². The van der Waals surface area contributed by atoms with Crippen molar-refractivity contribution in [2.75, 3.05) is 0 Å². The molecule has 1 unspecified atom stereocenters. The van der Waals surface area contributed by atoms with E-state index in [4.69, 9.17) is 0 Å². The molecule has 2 aromatic rings. The van der Waals surface area contributed by atoms with Gasteiger partial charge in [0.05, 0.1) is 4.83 Å². The molecule has 1 atom stereocenters. The minimum absolute atomic E-state index is 0.00805. The van der Waals surface area contributed by atoms with Crippen molar-refractivity contribution in [2.45, 2.75) is 11.8 Å². The average Bonchev–Trinajstić information content (AvgIpc) is 2.38. The summed E-state index contributed by atoms with van der Waals surface area (Å²) in [7, 11) is 0. The molecule has 0 aliphatic carbocycles. The lowest BCUT2D eigenvalue weighted by Crippen LogP contribution is -2.02. The van der Waals surface area contributed by atoms with Crippen molar-refractivity contribution < 1.29 is 22.0 Å². The van der Waals surface area contributed by atoms with Gasteiger partial charge in [-0.3, -0.25) is 0 Å². The van der Waals surface area contributed by atoms with Crippen LogP contribution in [0.4, 0.5) is 22.0 Å². The molecule has 6 heteroatoms. The summed E-state index contributed by atoms with van der Waals surface area (Å²) in [6, 6.07) is 3.43. The summed E-state index contributed by atoms with van der Waals surface area (Å²) in [5, 5.41) is 0. The molecule has 0 bridgehead atoms. The molecule has 0 aliphatic heterocycles. The van der Waals surface area contributed by atoms with Crippen LogP contribution in [0.25, 0.3) is 0 Å². The molecule has 2 aromatic carbocycles. The topological polar surface area (TPSA) is 0 Å². The smallest absolute Gasteiger partial charge is 0.194 e. The maximum atomic E-state index is 13.7. The molecule has 0 saturated carbocycles. The van der Waals surface area contributed by atoms with E-state index in [9.17, 15) is 22.0 Å². The fraction of sp³-hybridized carbons (Fsp3) is 0.143. The minimum Gasteiger partial charge on any atom is -0.207 e. The number of halogens is 6. The third-order valence-electron chi connectivity index (χ3n) is 2.85. The van der Waals surface area contributed by atoms with Gasteiger partial charge in [0, 0.05) is 11.6 Å². The van der Waals surface area contributed by atoms with Crippen molar-refractivity contribution in [3.8, 4) is 0 Å². The first-order valence-corrected chi connectivity index (χ1v) is 6.47. The van der Waals surface area contributed by atoms with Crippen LogP contribution in [0.5, 0.6) is 0 Å². The molecule has 0 aliphatic rings. The van der Waals surface area contributed by atoms with Gasteiger partial charge in [0.25, 0.3) is 0 Å². The highest BCUT2D eigenvalue weighted by Gasteiger charge is 2.20. The predicted octanol–water partition coefficient (Wildman–Crippen LogP) is 5.17. The molecule has 0 radical (unpaired) electrons. The Kier molecular flexibility index (Phi) is 4.13. The van der Waals surface area contributed by atoms with Crippen molar-refractivity contribution in [3.05, 3.63) is 70.0 Å². The number of rotatable bonds is 2. The van der Waals surface area contributed by atoms with E-state index in [1.807, 2.05) is 0 Å². The number of benzene rings is 2. The van der Waals surface area contributed by atoms with E-state index in [1.165, 1.54) is 13.0 Å². The first-order chi connectivity index (χ1) is 9.31. The second-order valence-corrected chi connectivity index (χ2v) is 5.20. The third-order valence-corrected chi connectivity index (χ3v) is 3.87. The monoisotopic (exact) mass is 350 g/mol. The van der Waals surface area contributed by atoms with E-state index in [0.717, 1.165) is 12.1 Å². The fourth-order valence-electron chi connectivity index (χ4n) is 1.77. The molecule has 0 spiro atoms. The Balaban J connectivity index is 2.51. The molecule has 0 nitrogen and oxygen atoms in total. The van der Waals surface area contributed by atoms with E-state index in [-0.39, 0.29) is 16.7 Å². The van der Waals surface area contributed by atoms with Crippen molar-refractivity contribution in [2.24, 2.45) is 0 Å². The number of hydrogen-bond acceptors (Lipinski definition) is 0. The van der Waals surface area contributed by atoms with Crippen LogP contribution in [0.3, 0.4) is 0 Å². The summed E-state index contributed by atoms with van der Waals surface area (Å²) >= 11 is 3.08. The van der Waals surface area contributed by atoms with Crippen LogP contribution < -0.4 is 0 Å². The Morgan fingerprint density at radius 1 is 0.800 bits per heavy atom. The van der Waals surface area contributed by atoms with Gasteiger partial charge in [0.15, 0.2) is 17.5 Å². The lowest BCUT2D eigenvalue weighted by atomic mass is 10.0. The largest absolute Gasteiger partial charge is 0.207 e. The third kappa shape index (κ3) is 2.70. The normalized spacial score (nSPS) is 12.6. The SMILES string of the molecule is Cc1cc(C(Br)c2cc(F)c(F)c(F)c2)c(F)cc1F. The van der Waals surface area contributed by atoms with Crippen LogP contribution >= 0.6 is 15.9 Å². The zero-order chi connectivity index (χ0) is 15.0. The molecule has 0 heterocycles. The summed E-state index contributed by atoms with van der Waals surface area (Å²) in [6.45, 7) is 1.43. The molecule has 106 valence electrons. The van der Waals surface area contributed by atoms with E-state index in [1.54, 1.807) is 0 Å². The number of alkyl halides is 1. The first kappa shape index (κ1) is 15.0. The Morgan fingerprint density at radius 3 is 1.90 bits per heavy atom. The summed E-state index contributed by atoms with van der Waals surface area (Å²) in [6.07, 6.45) is 0. The number of hydrogen-bond donors (Lipinski definition) is 0. The van der Waals surface area contributed by atoms with Gasteiger partial charge < -0.3 is 0 Å². The predicted molar refractivity (Wildman–Crippen MR) is 68.2 cm³/mol. The van der Waals surface area contributed by atoms with Crippen LogP contribution in [0.2, 0.25) is 0 Å². The molecule has 0 N–H and O–H groups in total. The Hall–Kier alpha value is -1.43. The van der Waals surface area contributed by atoms with Gasteiger partial charge >= 0.3 is 0 Å². The average molecular weight is 351 g/mol. The fourth-order valence-corrected chi connectivity index (χ4v) is 2.39. The van der Waals surface area contributed by atoms with E-state index < -0.39 is 33.9 Å². The zero-order valence-electron chi connectivity index (χ0n) is 10.2. The maximum Gasteiger partial charge on any atom is 0.194 e. The second kappa shape index (κ2) is 5.52. The van der Waals surface area contributed by atoms with Gasteiger partial charge in [-0.25, -0.2) is 22.0 Å². The van der Waals surface area contributed by atoms with Crippen LogP contribution in [0, 0.1) is 36.0 Å². The molecule has 0 amide bonds. The van der Waals surface area contributed by atoms with Crippen molar-refractivity contribution in [1.29, 1.82) is 0 Å². The Morgan fingerprint density at radius 2 is 1.35 bits per heavy atom. The van der Waals surface area contributed by atoms with Gasteiger partial charge in [-0.2, -0.15) is 0 Å². The second-order valence-electron chi connectivity index (χ2n) is 4.28. The standard InChI is InChI=1S/C14H8BrF5/c1-6-2-8(10(17)5-9(6)16)13(15)7-3-11(18)14(20)12(19)4-7/h2-5,13H,1H3. The quantitative estimate of drug-likeness (QED) is 0.398. The van der Waals surface area contributed by atoms with Gasteiger partial charge in [0.1, 0.15) is 11.6 Å². The van der Waals surface area contributed by atoms with Gasteiger partial charge in [-0.05, 0) is 36.2 Å². The molecular weight excluding hydrogens is 343 g/mol. The van der Waals surface area contributed by atoms with Crippen LogP contribution in [0.1, 0.15) is 21.5 Å². The summed E-state index contributed by atoms with van der Waals surface area (Å²) in [4.78, 5) is -0.925. The lowest BCUT2D eigenvalue weighted by molar-refractivity contribution is 0.445. The maximum absolute atomic E-state index is 13.7. The molecular formula is C14H8BrF5.